The second-order valence-corrected chi connectivity index (χ2v) is 4.23. The average molecular weight is 273 g/mol. The number of rotatable bonds is 4. The van der Waals surface area contributed by atoms with E-state index in [0.717, 1.165) is 16.5 Å². The first-order chi connectivity index (χ1) is 9.61. The van der Waals surface area contributed by atoms with Crippen LogP contribution in [0.1, 0.15) is 22.8 Å². The molecule has 104 valence electrons. The van der Waals surface area contributed by atoms with Gasteiger partial charge in [0.2, 0.25) is 5.91 Å². The van der Waals surface area contributed by atoms with Crippen LogP contribution in [0.25, 0.3) is 17.0 Å². The molecule has 0 saturated carbocycles. The molecule has 0 radical (unpaired) electrons. The van der Waals surface area contributed by atoms with Gasteiger partial charge in [0.25, 0.3) is 0 Å². The Morgan fingerprint density at radius 3 is 2.95 bits per heavy atom. The Balaban J connectivity index is 2.30. The lowest BCUT2D eigenvalue weighted by molar-refractivity contribution is -0.118. The molecule has 6 heteroatoms. The van der Waals surface area contributed by atoms with Gasteiger partial charge in [-0.1, -0.05) is 12.2 Å². The maximum Gasteiger partial charge on any atom is 0.338 e. The van der Waals surface area contributed by atoms with Gasteiger partial charge in [-0.3, -0.25) is 9.89 Å². The summed E-state index contributed by atoms with van der Waals surface area (Å²) in [5, 5.41) is 10.1. The first kappa shape index (κ1) is 13.8. The zero-order valence-electron chi connectivity index (χ0n) is 11.3. The van der Waals surface area contributed by atoms with Crippen molar-refractivity contribution in [2.75, 3.05) is 13.7 Å². The maximum atomic E-state index is 11.8. The number of methoxy groups -OCH3 is 1. The van der Waals surface area contributed by atoms with E-state index in [-0.39, 0.29) is 5.91 Å². The maximum absolute atomic E-state index is 11.8. The third kappa shape index (κ3) is 3.03. The Bertz CT molecular complexity index is 673. The Hall–Kier alpha value is -2.63. The molecule has 0 bridgehead atoms. The van der Waals surface area contributed by atoms with Crippen LogP contribution < -0.4 is 5.32 Å². The van der Waals surface area contributed by atoms with Crippen LogP contribution in [0.15, 0.2) is 24.4 Å². The molecule has 0 saturated heterocycles. The topological polar surface area (TPSA) is 84.1 Å². The summed E-state index contributed by atoms with van der Waals surface area (Å²) in [5.74, 6) is -0.498. The van der Waals surface area contributed by atoms with Gasteiger partial charge in [0.1, 0.15) is 0 Å². The fourth-order valence-corrected chi connectivity index (χ4v) is 1.85. The molecule has 0 spiro atoms. The highest BCUT2D eigenvalue weighted by Crippen LogP contribution is 2.20. The minimum atomic E-state index is -0.409. The molecular weight excluding hydrogens is 258 g/mol. The fraction of sp³-hybridized carbons (Fsp3) is 0.214. The van der Waals surface area contributed by atoms with E-state index in [2.05, 4.69) is 15.5 Å². The zero-order valence-corrected chi connectivity index (χ0v) is 11.3. The summed E-state index contributed by atoms with van der Waals surface area (Å²) in [5.41, 5.74) is 2.04. The minimum Gasteiger partial charge on any atom is -0.465 e. The standard InChI is InChI=1S/C14H15N3O3/c1-9(18)15-5-3-4-10-6-11(14(19)20-2)12-8-16-17-13(12)7-10/h3-4,6-8H,5H2,1-2H3,(H,15,18)(H,16,17). The van der Waals surface area contributed by atoms with Crippen LogP contribution in [-0.2, 0) is 9.53 Å². The van der Waals surface area contributed by atoms with Crippen LogP contribution in [0.2, 0.25) is 0 Å². The Morgan fingerprint density at radius 1 is 1.45 bits per heavy atom. The molecule has 1 aromatic carbocycles. The van der Waals surface area contributed by atoms with Crippen LogP contribution in [0.3, 0.4) is 0 Å². The molecule has 20 heavy (non-hydrogen) atoms. The fourth-order valence-electron chi connectivity index (χ4n) is 1.85. The molecule has 0 unspecified atom stereocenters. The van der Waals surface area contributed by atoms with Gasteiger partial charge in [0.05, 0.1) is 24.4 Å². The third-order valence-corrected chi connectivity index (χ3v) is 2.77. The van der Waals surface area contributed by atoms with E-state index in [0.29, 0.717) is 12.1 Å². The van der Waals surface area contributed by atoms with E-state index in [1.54, 1.807) is 18.3 Å². The number of ether oxygens (including phenoxy) is 1. The van der Waals surface area contributed by atoms with E-state index < -0.39 is 5.97 Å². The second-order valence-electron chi connectivity index (χ2n) is 4.23. The van der Waals surface area contributed by atoms with Crippen molar-refractivity contribution in [3.8, 4) is 0 Å². The van der Waals surface area contributed by atoms with Gasteiger partial charge in [0.15, 0.2) is 0 Å². The predicted molar refractivity (Wildman–Crippen MR) is 75.2 cm³/mol. The largest absolute Gasteiger partial charge is 0.465 e. The van der Waals surface area contributed by atoms with Crippen molar-refractivity contribution in [2.24, 2.45) is 0 Å². The molecule has 0 aliphatic rings. The van der Waals surface area contributed by atoms with Crippen molar-refractivity contribution in [3.63, 3.8) is 0 Å². The number of amides is 1. The van der Waals surface area contributed by atoms with Crippen molar-refractivity contribution in [2.45, 2.75) is 6.92 Å². The first-order valence-electron chi connectivity index (χ1n) is 6.08. The van der Waals surface area contributed by atoms with Crippen molar-refractivity contribution < 1.29 is 14.3 Å². The van der Waals surface area contributed by atoms with Crippen LogP contribution in [0.5, 0.6) is 0 Å². The lowest BCUT2D eigenvalue weighted by Crippen LogP contribution is -2.19. The van der Waals surface area contributed by atoms with Gasteiger partial charge in [-0.25, -0.2) is 4.79 Å². The van der Waals surface area contributed by atoms with Crippen LogP contribution in [0, 0.1) is 0 Å². The monoisotopic (exact) mass is 273 g/mol. The van der Waals surface area contributed by atoms with Crippen molar-refractivity contribution in [1.82, 2.24) is 15.5 Å². The molecule has 0 fully saturated rings. The van der Waals surface area contributed by atoms with E-state index in [4.69, 9.17) is 4.74 Å². The molecule has 1 aromatic heterocycles. The lowest BCUT2D eigenvalue weighted by Gasteiger charge is -2.03. The summed E-state index contributed by atoms with van der Waals surface area (Å²) in [7, 11) is 1.34. The third-order valence-electron chi connectivity index (χ3n) is 2.77. The number of nitrogens with one attached hydrogen (secondary N) is 2. The summed E-state index contributed by atoms with van der Waals surface area (Å²) < 4.78 is 4.76. The number of aromatic nitrogens is 2. The predicted octanol–water partition coefficient (Wildman–Crippen LogP) is 1.50. The van der Waals surface area contributed by atoms with Gasteiger partial charge >= 0.3 is 5.97 Å². The van der Waals surface area contributed by atoms with Crippen molar-refractivity contribution >= 4 is 28.9 Å². The number of H-pyrrole nitrogens is 1. The quantitative estimate of drug-likeness (QED) is 0.827. The molecule has 2 aromatic rings. The molecule has 2 N–H and O–H groups in total. The highest BCUT2D eigenvalue weighted by molar-refractivity contribution is 6.04. The highest BCUT2D eigenvalue weighted by atomic mass is 16.5. The highest BCUT2D eigenvalue weighted by Gasteiger charge is 2.12. The Morgan fingerprint density at radius 2 is 2.25 bits per heavy atom. The van der Waals surface area contributed by atoms with E-state index in [1.807, 2.05) is 12.1 Å². The van der Waals surface area contributed by atoms with E-state index >= 15 is 0 Å². The van der Waals surface area contributed by atoms with E-state index in [9.17, 15) is 9.59 Å². The number of hydrogen-bond donors (Lipinski definition) is 2. The SMILES string of the molecule is COC(=O)c1cc(C=CCNC(C)=O)cc2[nH]ncc12. The molecule has 6 nitrogen and oxygen atoms in total. The zero-order chi connectivity index (χ0) is 14.5. The second kappa shape index (κ2) is 6.01. The van der Waals surface area contributed by atoms with E-state index in [1.165, 1.54) is 14.0 Å². The summed E-state index contributed by atoms with van der Waals surface area (Å²) in [6.45, 7) is 1.89. The number of carbonyl (C=O) groups is 2. The summed E-state index contributed by atoms with van der Waals surface area (Å²) in [6, 6.07) is 3.60. The van der Waals surface area contributed by atoms with Gasteiger partial charge in [-0.2, -0.15) is 5.10 Å². The van der Waals surface area contributed by atoms with Crippen LogP contribution in [0.4, 0.5) is 0 Å². The van der Waals surface area contributed by atoms with Gasteiger partial charge in [0, 0.05) is 18.9 Å². The summed E-state index contributed by atoms with van der Waals surface area (Å²) in [6.07, 6.45) is 5.22. The van der Waals surface area contributed by atoms with Gasteiger partial charge in [-0.05, 0) is 17.7 Å². The number of esters is 1. The summed E-state index contributed by atoms with van der Waals surface area (Å²) in [4.78, 5) is 22.5. The minimum absolute atomic E-state index is 0.0890. The molecule has 0 aliphatic carbocycles. The first-order valence-corrected chi connectivity index (χ1v) is 6.08. The molecule has 1 heterocycles. The average Bonchev–Trinajstić information content (AvgIpc) is 2.89. The lowest BCUT2D eigenvalue weighted by atomic mass is 10.1. The number of fused-ring (bicyclic) bond motifs is 1. The molecule has 2 rings (SSSR count). The number of benzene rings is 1. The van der Waals surface area contributed by atoms with Crippen molar-refractivity contribution in [1.29, 1.82) is 0 Å². The van der Waals surface area contributed by atoms with Crippen LogP contribution in [-0.4, -0.2) is 35.7 Å². The molecular formula is C14H15N3O3. The number of hydrogen-bond acceptors (Lipinski definition) is 4. The van der Waals surface area contributed by atoms with Gasteiger partial charge < -0.3 is 10.1 Å². The molecule has 1 amide bonds. The van der Waals surface area contributed by atoms with Gasteiger partial charge in [-0.15, -0.1) is 0 Å². The van der Waals surface area contributed by atoms with Crippen LogP contribution >= 0.6 is 0 Å². The number of aromatic amines is 1. The Kier molecular flexibility index (Phi) is 4.14. The summed E-state index contributed by atoms with van der Waals surface area (Å²) >= 11 is 0. The Labute approximate surface area is 115 Å². The number of carbonyl (C=O) groups excluding carboxylic acids is 2. The normalized spacial score (nSPS) is 10.9. The smallest absolute Gasteiger partial charge is 0.338 e. The molecule has 0 aliphatic heterocycles. The number of nitrogens with zero attached hydrogens (tertiary/aromatic N) is 1. The van der Waals surface area contributed by atoms with Crippen molar-refractivity contribution in [3.05, 3.63) is 35.5 Å². The molecule has 0 atom stereocenters.